The maximum atomic E-state index is 11.7. The van der Waals surface area contributed by atoms with Crippen molar-refractivity contribution in [2.45, 2.75) is 26.4 Å². The highest BCUT2D eigenvalue weighted by atomic mass is 16.5. The second kappa shape index (κ2) is 7.76. The van der Waals surface area contributed by atoms with Gasteiger partial charge in [0.25, 0.3) is 0 Å². The van der Waals surface area contributed by atoms with Gasteiger partial charge in [-0.15, -0.1) is 0 Å². The molecule has 1 amide bonds. The third-order valence-corrected chi connectivity index (χ3v) is 4.72. The lowest BCUT2D eigenvalue weighted by atomic mass is 10.1. The van der Waals surface area contributed by atoms with Crippen molar-refractivity contribution in [3.05, 3.63) is 35.7 Å². The molecule has 1 fully saturated rings. The number of aromatic nitrogens is 2. The van der Waals surface area contributed by atoms with E-state index >= 15 is 0 Å². The molecule has 7 heteroatoms. The first-order valence-electron chi connectivity index (χ1n) is 8.64. The van der Waals surface area contributed by atoms with Gasteiger partial charge in [0.15, 0.2) is 0 Å². The molecule has 3 rings (SSSR count). The van der Waals surface area contributed by atoms with Gasteiger partial charge in [-0.3, -0.25) is 14.6 Å². The minimum atomic E-state index is -0.0938. The second-order valence-electron chi connectivity index (χ2n) is 6.48. The number of piperazine rings is 1. The molecule has 0 unspecified atom stereocenters. The molecule has 0 radical (unpaired) electrons. The van der Waals surface area contributed by atoms with Crippen LogP contribution in [-0.4, -0.2) is 65.1 Å². The highest BCUT2D eigenvalue weighted by molar-refractivity contribution is 5.80. The van der Waals surface area contributed by atoms with Crippen molar-refractivity contribution in [3.63, 3.8) is 0 Å². The summed E-state index contributed by atoms with van der Waals surface area (Å²) in [4.78, 5) is 20.7. The lowest BCUT2D eigenvalue weighted by molar-refractivity contribution is -0.126. The summed E-state index contributed by atoms with van der Waals surface area (Å²) < 4.78 is 5.40. The normalized spacial score (nSPS) is 17.4. The largest absolute Gasteiger partial charge is 0.358 e. The molecule has 1 atom stereocenters. The number of carbonyl (C=O) groups excluding carboxylic acids is 1. The quantitative estimate of drug-likeness (QED) is 0.882. The van der Waals surface area contributed by atoms with E-state index in [1.807, 2.05) is 31.2 Å². The molecule has 7 nitrogen and oxygen atoms in total. The molecule has 1 aliphatic heterocycles. The number of nitrogens with one attached hydrogen (secondary N) is 1. The van der Waals surface area contributed by atoms with E-state index in [0.29, 0.717) is 18.3 Å². The van der Waals surface area contributed by atoms with Crippen molar-refractivity contribution in [1.29, 1.82) is 0 Å². The van der Waals surface area contributed by atoms with Crippen molar-refractivity contribution in [2.75, 3.05) is 33.2 Å². The average molecular weight is 343 g/mol. The van der Waals surface area contributed by atoms with Gasteiger partial charge in [0.1, 0.15) is 0 Å². The third-order valence-electron chi connectivity index (χ3n) is 4.72. The molecule has 1 aromatic heterocycles. The van der Waals surface area contributed by atoms with Crippen LogP contribution in [0.2, 0.25) is 0 Å². The summed E-state index contributed by atoms with van der Waals surface area (Å²) in [5, 5.41) is 6.79. The SMILES string of the molecule is CNC(=O)[C@@H](C)N1CCN(Cc2nc(-c3ccc(C)cc3)no2)CC1. The van der Waals surface area contributed by atoms with Crippen LogP contribution in [0.25, 0.3) is 11.4 Å². The number of aryl methyl sites for hydroxylation is 1. The first-order valence-corrected chi connectivity index (χ1v) is 8.64. The van der Waals surface area contributed by atoms with Gasteiger partial charge in [0.05, 0.1) is 12.6 Å². The van der Waals surface area contributed by atoms with E-state index in [1.165, 1.54) is 5.56 Å². The van der Waals surface area contributed by atoms with E-state index in [0.717, 1.165) is 31.7 Å². The summed E-state index contributed by atoms with van der Waals surface area (Å²) in [5.74, 6) is 1.32. The Morgan fingerprint density at radius 3 is 2.56 bits per heavy atom. The molecule has 0 spiro atoms. The van der Waals surface area contributed by atoms with Crippen molar-refractivity contribution in [3.8, 4) is 11.4 Å². The van der Waals surface area contributed by atoms with Gasteiger partial charge in [0, 0.05) is 38.8 Å². The summed E-state index contributed by atoms with van der Waals surface area (Å²) in [6.45, 7) is 8.10. The fraction of sp³-hybridized carbons (Fsp3) is 0.500. The fourth-order valence-corrected chi connectivity index (χ4v) is 3.01. The predicted octanol–water partition coefficient (Wildman–Crippen LogP) is 1.30. The smallest absolute Gasteiger partial charge is 0.241 e. The van der Waals surface area contributed by atoms with Gasteiger partial charge in [0.2, 0.25) is 17.6 Å². The van der Waals surface area contributed by atoms with E-state index < -0.39 is 0 Å². The molecular formula is C18H25N5O2. The molecule has 1 aliphatic rings. The van der Waals surface area contributed by atoms with Crippen molar-refractivity contribution >= 4 is 5.91 Å². The fourth-order valence-electron chi connectivity index (χ4n) is 3.01. The molecule has 2 heterocycles. The zero-order chi connectivity index (χ0) is 17.8. The van der Waals surface area contributed by atoms with Gasteiger partial charge in [-0.05, 0) is 13.8 Å². The van der Waals surface area contributed by atoms with E-state index in [4.69, 9.17) is 4.52 Å². The Labute approximate surface area is 148 Å². The zero-order valence-electron chi connectivity index (χ0n) is 15.0. The first-order chi connectivity index (χ1) is 12.1. The number of benzene rings is 1. The first kappa shape index (κ1) is 17.6. The lowest BCUT2D eigenvalue weighted by Gasteiger charge is -2.36. The standard InChI is InChI=1S/C18H25N5O2/c1-13-4-6-15(7-5-13)17-20-16(25-21-17)12-22-8-10-23(11-9-22)14(2)18(24)19-3/h4-7,14H,8-12H2,1-3H3,(H,19,24)/t14-/m1/s1. The predicted molar refractivity (Wildman–Crippen MR) is 94.8 cm³/mol. The molecule has 1 N–H and O–H groups in total. The van der Waals surface area contributed by atoms with Gasteiger partial charge in [-0.25, -0.2) is 0 Å². The van der Waals surface area contributed by atoms with Crippen LogP contribution in [0.1, 0.15) is 18.4 Å². The Hall–Kier alpha value is -2.25. The molecule has 0 saturated carbocycles. The summed E-state index contributed by atoms with van der Waals surface area (Å²) >= 11 is 0. The van der Waals surface area contributed by atoms with Crippen LogP contribution in [0.3, 0.4) is 0 Å². The van der Waals surface area contributed by atoms with Crippen molar-refractivity contribution in [2.24, 2.45) is 0 Å². The number of carbonyl (C=O) groups is 1. The molecule has 0 aliphatic carbocycles. The van der Waals surface area contributed by atoms with Gasteiger partial charge in [-0.2, -0.15) is 4.98 Å². The van der Waals surface area contributed by atoms with Crippen molar-refractivity contribution < 1.29 is 9.32 Å². The second-order valence-corrected chi connectivity index (χ2v) is 6.48. The van der Waals surface area contributed by atoms with Crippen LogP contribution in [0, 0.1) is 6.92 Å². The lowest BCUT2D eigenvalue weighted by Crippen LogP contribution is -2.53. The number of rotatable bonds is 5. The molecule has 25 heavy (non-hydrogen) atoms. The van der Waals surface area contributed by atoms with Crippen LogP contribution < -0.4 is 5.32 Å². The maximum absolute atomic E-state index is 11.7. The summed E-state index contributed by atoms with van der Waals surface area (Å²) in [6.07, 6.45) is 0. The minimum absolute atomic E-state index is 0.0630. The Kier molecular flexibility index (Phi) is 5.45. The number of nitrogens with zero attached hydrogens (tertiary/aromatic N) is 4. The Bertz CT molecular complexity index is 705. The average Bonchev–Trinajstić information content (AvgIpc) is 3.10. The highest BCUT2D eigenvalue weighted by Crippen LogP contribution is 2.17. The van der Waals surface area contributed by atoms with E-state index in [1.54, 1.807) is 7.05 Å². The number of hydrogen-bond donors (Lipinski definition) is 1. The maximum Gasteiger partial charge on any atom is 0.241 e. The van der Waals surface area contributed by atoms with Gasteiger partial charge in [-0.1, -0.05) is 35.0 Å². The summed E-state index contributed by atoms with van der Waals surface area (Å²) in [7, 11) is 1.68. The highest BCUT2D eigenvalue weighted by Gasteiger charge is 2.25. The molecule has 134 valence electrons. The van der Waals surface area contributed by atoms with E-state index in [-0.39, 0.29) is 11.9 Å². The molecule has 0 bridgehead atoms. The van der Waals surface area contributed by atoms with Crippen LogP contribution in [0.4, 0.5) is 0 Å². The Balaban J connectivity index is 1.54. The van der Waals surface area contributed by atoms with Crippen LogP contribution in [0.15, 0.2) is 28.8 Å². The van der Waals surface area contributed by atoms with Crippen molar-refractivity contribution in [1.82, 2.24) is 25.3 Å². The van der Waals surface area contributed by atoms with E-state index in [2.05, 4.69) is 32.2 Å². The van der Waals surface area contributed by atoms with Crippen LogP contribution in [0.5, 0.6) is 0 Å². The van der Waals surface area contributed by atoms with Gasteiger partial charge < -0.3 is 9.84 Å². The number of likely N-dealkylation sites (N-methyl/N-ethyl adjacent to an activating group) is 1. The number of hydrogen-bond acceptors (Lipinski definition) is 6. The van der Waals surface area contributed by atoms with Gasteiger partial charge >= 0.3 is 0 Å². The monoisotopic (exact) mass is 343 g/mol. The van der Waals surface area contributed by atoms with Crippen LogP contribution >= 0.6 is 0 Å². The third kappa shape index (κ3) is 4.24. The Morgan fingerprint density at radius 2 is 1.92 bits per heavy atom. The van der Waals surface area contributed by atoms with E-state index in [9.17, 15) is 4.79 Å². The topological polar surface area (TPSA) is 74.5 Å². The molecular weight excluding hydrogens is 318 g/mol. The molecule has 2 aromatic rings. The Morgan fingerprint density at radius 1 is 1.24 bits per heavy atom. The molecule has 1 aromatic carbocycles. The summed E-state index contributed by atoms with van der Waals surface area (Å²) in [5.41, 5.74) is 2.17. The van der Waals surface area contributed by atoms with Crippen LogP contribution in [-0.2, 0) is 11.3 Å². The summed E-state index contributed by atoms with van der Waals surface area (Å²) in [6, 6.07) is 7.99. The zero-order valence-corrected chi connectivity index (χ0v) is 15.0. The number of amides is 1. The minimum Gasteiger partial charge on any atom is -0.358 e. The molecule has 1 saturated heterocycles.